The van der Waals surface area contributed by atoms with E-state index in [-0.39, 0.29) is 24.3 Å². The molecular weight excluding hydrogens is 604 g/mol. The number of nitrogens with one attached hydrogen (secondary N) is 3. The van der Waals surface area contributed by atoms with Crippen molar-refractivity contribution < 1.29 is 19.1 Å². The van der Waals surface area contributed by atoms with Crippen LogP contribution in [-0.2, 0) is 14.9 Å². The van der Waals surface area contributed by atoms with Gasteiger partial charge in [0.2, 0.25) is 0 Å². The predicted molar refractivity (Wildman–Crippen MR) is 186 cm³/mol. The lowest BCUT2D eigenvalue weighted by Crippen LogP contribution is -2.31. The highest BCUT2D eigenvalue weighted by molar-refractivity contribution is 6.34. The number of carbonyl (C=O) groups excluding carboxylic acids is 2. The molecule has 46 heavy (non-hydrogen) atoms. The molecule has 0 fully saturated rings. The van der Waals surface area contributed by atoms with E-state index in [4.69, 9.17) is 21.1 Å². The van der Waals surface area contributed by atoms with Gasteiger partial charge in [-0.3, -0.25) is 9.89 Å². The van der Waals surface area contributed by atoms with E-state index in [2.05, 4.69) is 53.5 Å². The molecule has 0 aliphatic heterocycles. The van der Waals surface area contributed by atoms with Crippen LogP contribution >= 0.6 is 11.6 Å². The number of unbranched alkanes of at least 4 members (excludes halogenated alkanes) is 13. The maximum absolute atomic E-state index is 12.6. The number of carbonyl (C=O) groups is 2. The number of H-pyrrole nitrogens is 1. The van der Waals surface area contributed by atoms with E-state index in [0.717, 1.165) is 18.5 Å². The van der Waals surface area contributed by atoms with Gasteiger partial charge in [-0.05, 0) is 24.6 Å². The molecule has 2 amide bonds. The van der Waals surface area contributed by atoms with E-state index in [1.54, 1.807) is 16.8 Å². The second-order valence-electron chi connectivity index (χ2n) is 13.1. The number of benzene rings is 1. The van der Waals surface area contributed by atoms with Crippen LogP contribution in [0, 0.1) is 0 Å². The zero-order valence-electron chi connectivity index (χ0n) is 28.6. The van der Waals surface area contributed by atoms with E-state index in [1.807, 2.05) is 6.07 Å². The van der Waals surface area contributed by atoms with Gasteiger partial charge >= 0.3 is 12.0 Å². The molecule has 0 bridgehead atoms. The largest absolute Gasteiger partial charge is 0.495 e. The summed E-state index contributed by atoms with van der Waals surface area (Å²) in [6, 6.07) is 4.81. The van der Waals surface area contributed by atoms with Crippen molar-refractivity contribution in [3.8, 4) is 17.1 Å². The summed E-state index contributed by atoms with van der Waals surface area (Å²) < 4.78 is 12.3. The monoisotopic (exact) mass is 658 g/mol. The molecule has 3 aromatic rings. The summed E-state index contributed by atoms with van der Waals surface area (Å²) in [5, 5.41) is 13.8. The Balaban J connectivity index is 1.30. The number of methoxy groups -OCH3 is 1. The average Bonchev–Trinajstić information content (AvgIpc) is 3.58. The smallest absolute Gasteiger partial charge is 0.319 e. The second kappa shape index (κ2) is 19.4. The number of aromatic amines is 1. The van der Waals surface area contributed by atoms with E-state index in [1.165, 1.54) is 84.2 Å². The van der Waals surface area contributed by atoms with E-state index < -0.39 is 6.03 Å². The van der Waals surface area contributed by atoms with Crippen LogP contribution in [0.3, 0.4) is 0 Å². The number of halogens is 1. The number of fused-ring (bicyclic) bond motifs is 1. The Kier molecular flexibility index (Phi) is 15.7. The first kappa shape index (κ1) is 37.2. The van der Waals surface area contributed by atoms with Crippen LogP contribution in [0.25, 0.3) is 17.0 Å². The topological polar surface area (TPSA) is 123 Å². The molecule has 3 rings (SSSR count). The second-order valence-corrected chi connectivity index (χ2v) is 13.5. The molecule has 0 aliphatic carbocycles. The number of rotatable bonds is 21. The van der Waals surface area contributed by atoms with Gasteiger partial charge in [0.05, 0.1) is 31.5 Å². The summed E-state index contributed by atoms with van der Waals surface area (Å²) in [5.41, 5.74) is 2.31. The van der Waals surface area contributed by atoms with Crippen molar-refractivity contribution in [2.45, 2.75) is 129 Å². The SMILES string of the molecule is CCCCCCCCCCCCCCCCOC(=O)CCNC(=O)Nc1cc(-c2nc3c(Cl)c(C(C)(C)C)[nH]n3n2)ccc1OC. The molecule has 10 nitrogen and oxygen atoms in total. The van der Waals surface area contributed by atoms with Crippen LogP contribution in [0.5, 0.6) is 5.75 Å². The fourth-order valence-corrected chi connectivity index (χ4v) is 5.81. The highest BCUT2D eigenvalue weighted by Crippen LogP contribution is 2.33. The maximum atomic E-state index is 12.6. The predicted octanol–water partition coefficient (Wildman–Crippen LogP) is 9.22. The number of urea groups is 1. The minimum atomic E-state index is -0.460. The van der Waals surface area contributed by atoms with E-state index >= 15 is 0 Å². The Labute approximate surface area is 279 Å². The number of hydrogen-bond acceptors (Lipinski definition) is 6. The lowest BCUT2D eigenvalue weighted by molar-refractivity contribution is -0.143. The van der Waals surface area contributed by atoms with Crippen molar-refractivity contribution in [1.82, 2.24) is 25.1 Å². The minimum Gasteiger partial charge on any atom is -0.495 e. The average molecular weight is 659 g/mol. The van der Waals surface area contributed by atoms with Gasteiger partial charge in [-0.2, -0.15) is 4.63 Å². The van der Waals surface area contributed by atoms with Crippen molar-refractivity contribution in [3.63, 3.8) is 0 Å². The highest BCUT2D eigenvalue weighted by atomic mass is 35.5. The van der Waals surface area contributed by atoms with Gasteiger partial charge in [0.1, 0.15) is 10.8 Å². The number of esters is 1. The summed E-state index contributed by atoms with van der Waals surface area (Å²) in [5.74, 6) is 0.606. The summed E-state index contributed by atoms with van der Waals surface area (Å²) in [7, 11) is 1.53. The standard InChI is InChI=1S/C35H55ClN6O4/c1-6-7-8-9-10-11-12-13-14-15-16-17-18-19-24-46-29(43)22-23-37-34(44)38-27-25-26(20-21-28(27)45-5)32-39-33-30(36)31(35(2,3)4)40-42(33)41-32/h20-21,25,40H,6-19,22-24H2,1-5H3,(H2,37,38,44). The van der Waals surface area contributed by atoms with Crippen molar-refractivity contribution >= 4 is 34.9 Å². The Morgan fingerprint density at radius 2 is 1.54 bits per heavy atom. The van der Waals surface area contributed by atoms with Gasteiger partial charge in [0.15, 0.2) is 11.5 Å². The Bertz CT molecular complexity index is 1360. The van der Waals surface area contributed by atoms with Gasteiger partial charge in [-0.1, -0.05) is 123 Å². The quantitative estimate of drug-likeness (QED) is 0.0774. The molecule has 0 spiro atoms. The van der Waals surface area contributed by atoms with Crippen LogP contribution in [0.4, 0.5) is 10.5 Å². The van der Waals surface area contributed by atoms with Gasteiger partial charge in [0, 0.05) is 17.5 Å². The fourth-order valence-electron chi connectivity index (χ4n) is 5.36. The first-order chi connectivity index (χ1) is 22.1. The van der Waals surface area contributed by atoms with Crippen LogP contribution in [0.1, 0.15) is 130 Å². The number of nitrogens with zero attached hydrogens (tertiary/aromatic N) is 3. The molecule has 256 valence electrons. The minimum absolute atomic E-state index is 0.102. The summed E-state index contributed by atoms with van der Waals surface area (Å²) >= 11 is 6.58. The molecule has 1 aromatic carbocycles. The van der Waals surface area contributed by atoms with Gasteiger partial charge < -0.3 is 20.1 Å². The Morgan fingerprint density at radius 1 is 0.935 bits per heavy atom. The molecule has 3 N–H and O–H groups in total. The molecule has 0 atom stereocenters. The normalized spacial score (nSPS) is 11.6. The number of ether oxygens (including phenoxy) is 2. The third-order valence-corrected chi connectivity index (χ3v) is 8.43. The molecule has 0 aliphatic rings. The third kappa shape index (κ3) is 12.2. The summed E-state index contributed by atoms with van der Waals surface area (Å²) in [6.07, 6.45) is 18.1. The van der Waals surface area contributed by atoms with Crippen LogP contribution in [0.2, 0.25) is 5.02 Å². The zero-order valence-corrected chi connectivity index (χ0v) is 29.4. The highest BCUT2D eigenvalue weighted by Gasteiger charge is 2.24. The fraction of sp³-hybridized carbons (Fsp3) is 0.657. The number of anilines is 1. The van der Waals surface area contributed by atoms with Crippen molar-refractivity contribution in [2.75, 3.05) is 25.6 Å². The number of aromatic nitrogens is 4. The molecule has 0 saturated carbocycles. The van der Waals surface area contributed by atoms with Gasteiger partial charge in [0.25, 0.3) is 0 Å². The lowest BCUT2D eigenvalue weighted by Gasteiger charge is -2.16. The van der Waals surface area contributed by atoms with E-state index in [0.29, 0.717) is 40.1 Å². The number of hydrogen-bond donors (Lipinski definition) is 3. The molecule has 2 aromatic heterocycles. The Morgan fingerprint density at radius 3 is 2.11 bits per heavy atom. The van der Waals surface area contributed by atoms with Crippen molar-refractivity contribution in [2.24, 2.45) is 0 Å². The third-order valence-electron chi connectivity index (χ3n) is 8.07. The molecule has 0 saturated heterocycles. The van der Waals surface area contributed by atoms with Gasteiger partial charge in [-0.15, -0.1) is 5.10 Å². The molecule has 11 heteroatoms. The zero-order chi connectivity index (χ0) is 33.4. The van der Waals surface area contributed by atoms with E-state index in [9.17, 15) is 9.59 Å². The van der Waals surface area contributed by atoms with Crippen LogP contribution in [-0.4, -0.2) is 52.1 Å². The Hall–Kier alpha value is -3.27. The first-order valence-electron chi connectivity index (χ1n) is 17.2. The van der Waals surface area contributed by atoms with Gasteiger partial charge in [-0.25, -0.2) is 9.78 Å². The summed E-state index contributed by atoms with van der Waals surface area (Å²) in [6.45, 7) is 9.02. The van der Waals surface area contributed by atoms with Crippen LogP contribution < -0.4 is 15.4 Å². The molecule has 2 heterocycles. The first-order valence-corrected chi connectivity index (χ1v) is 17.6. The van der Waals surface area contributed by atoms with Crippen molar-refractivity contribution in [3.05, 3.63) is 28.9 Å². The number of amides is 2. The molecule has 0 unspecified atom stereocenters. The molecular formula is C35H55ClN6O4. The molecule has 0 radical (unpaired) electrons. The van der Waals surface area contributed by atoms with Crippen molar-refractivity contribution in [1.29, 1.82) is 0 Å². The van der Waals surface area contributed by atoms with Crippen LogP contribution in [0.15, 0.2) is 18.2 Å². The maximum Gasteiger partial charge on any atom is 0.319 e. The summed E-state index contributed by atoms with van der Waals surface area (Å²) in [4.78, 5) is 29.3. The lowest BCUT2D eigenvalue weighted by atomic mass is 9.92.